The first kappa shape index (κ1) is 21.2. The topological polar surface area (TPSA) is 35.5 Å². The van der Waals surface area contributed by atoms with Gasteiger partial charge in [-0.25, -0.2) is 4.79 Å². The minimum Gasteiger partial charge on any atom is -0.456 e. The molecule has 0 rings (SSSR count). The second-order valence-corrected chi connectivity index (χ2v) is 6.30. The number of carbonyl (C=O) groups is 1. The molecule has 0 saturated heterocycles. The number of hydrogen-bond donors (Lipinski definition) is 0. The fourth-order valence-electron chi connectivity index (χ4n) is 2.87. The van der Waals surface area contributed by atoms with E-state index in [9.17, 15) is 4.79 Å². The predicted molar refractivity (Wildman–Crippen MR) is 93.0 cm³/mol. The zero-order valence-electron chi connectivity index (χ0n) is 15.6. The number of ether oxygens (including phenoxy) is 2. The van der Waals surface area contributed by atoms with Crippen LogP contribution in [-0.4, -0.2) is 23.8 Å². The zero-order chi connectivity index (χ0) is 17.2. The first-order valence-electron chi connectivity index (χ1n) is 8.87. The van der Waals surface area contributed by atoms with Gasteiger partial charge in [0, 0.05) is 12.0 Å². The molecule has 130 valence electrons. The summed E-state index contributed by atoms with van der Waals surface area (Å²) in [7, 11) is 0. The van der Waals surface area contributed by atoms with E-state index in [2.05, 4.69) is 41.2 Å². The fourth-order valence-corrected chi connectivity index (χ4v) is 2.87. The van der Waals surface area contributed by atoms with Gasteiger partial charge in [-0.1, -0.05) is 47.6 Å². The second kappa shape index (κ2) is 10.0. The highest BCUT2D eigenvalue weighted by Crippen LogP contribution is 2.30. The molecular formula is C19H36O3. The van der Waals surface area contributed by atoms with Gasteiger partial charge in [0.05, 0.1) is 12.2 Å². The van der Waals surface area contributed by atoms with E-state index < -0.39 is 5.60 Å². The molecule has 0 saturated carbocycles. The molecule has 0 aliphatic carbocycles. The van der Waals surface area contributed by atoms with Crippen molar-refractivity contribution >= 4 is 5.97 Å². The van der Waals surface area contributed by atoms with Crippen LogP contribution in [0, 0.1) is 0 Å². The molecule has 0 radical (unpaired) electrons. The zero-order valence-corrected chi connectivity index (χ0v) is 15.6. The van der Waals surface area contributed by atoms with Crippen molar-refractivity contribution in [2.24, 2.45) is 0 Å². The molecule has 0 unspecified atom stereocenters. The largest absolute Gasteiger partial charge is 0.456 e. The average molecular weight is 312 g/mol. The summed E-state index contributed by atoms with van der Waals surface area (Å²) >= 11 is 0. The molecule has 3 nitrogen and oxygen atoms in total. The number of rotatable bonds is 12. The van der Waals surface area contributed by atoms with Crippen LogP contribution in [0.25, 0.3) is 0 Å². The van der Waals surface area contributed by atoms with Crippen molar-refractivity contribution in [3.8, 4) is 0 Å². The Morgan fingerprint density at radius 3 is 1.77 bits per heavy atom. The molecule has 0 aliphatic rings. The predicted octanol–water partition coefficient (Wildman–Crippen LogP) is 5.43. The summed E-state index contributed by atoms with van der Waals surface area (Å²) in [6.07, 6.45) is 6.58. The maximum absolute atomic E-state index is 11.9. The Labute approximate surface area is 137 Å². The molecular weight excluding hydrogens is 276 g/mol. The monoisotopic (exact) mass is 312 g/mol. The second-order valence-electron chi connectivity index (χ2n) is 6.30. The van der Waals surface area contributed by atoms with Crippen LogP contribution in [0.3, 0.4) is 0 Å². The summed E-state index contributed by atoms with van der Waals surface area (Å²) < 4.78 is 12.0. The van der Waals surface area contributed by atoms with Crippen LogP contribution in [0.4, 0.5) is 0 Å². The summed E-state index contributed by atoms with van der Waals surface area (Å²) in [5, 5.41) is 0. The third kappa shape index (κ3) is 6.12. The summed E-state index contributed by atoms with van der Waals surface area (Å²) in [4.78, 5) is 11.9. The molecule has 22 heavy (non-hydrogen) atoms. The smallest absolute Gasteiger partial charge is 0.333 e. The summed E-state index contributed by atoms with van der Waals surface area (Å²) in [6, 6.07) is 0. The number of carbonyl (C=O) groups excluding carboxylic acids is 1. The molecule has 0 aliphatic heterocycles. The molecule has 0 spiro atoms. The summed E-state index contributed by atoms with van der Waals surface area (Å²) in [5.41, 5.74) is -0.00912. The van der Waals surface area contributed by atoms with E-state index in [4.69, 9.17) is 9.47 Å². The lowest BCUT2D eigenvalue weighted by Crippen LogP contribution is -2.38. The van der Waals surface area contributed by atoms with E-state index in [1.54, 1.807) is 6.92 Å². The third-order valence-electron chi connectivity index (χ3n) is 4.91. The van der Waals surface area contributed by atoms with Crippen LogP contribution in [0.15, 0.2) is 12.2 Å². The molecule has 0 bridgehead atoms. The van der Waals surface area contributed by atoms with Gasteiger partial charge in [0.2, 0.25) is 0 Å². The van der Waals surface area contributed by atoms with E-state index in [0.29, 0.717) is 12.2 Å². The third-order valence-corrected chi connectivity index (χ3v) is 4.91. The molecule has 0 aromatic heterocycles. The lowest BCUT2D eigenvalue weighted by atomic mass is 9.90. The molecule has 3 heteroatoms. The van der Waals surface area contributed by atoms with Crippen LogP contribution in [0.5, 0.6) is 0 Å². The Kier molecular flexibility index (Phi) is 9.66. The molecule has 0 atom stereocenters. The highest BCUT2D eigenvalue weighted by Gasteiger charge is 2.33. The minimum absolute atomic E-state index is 0.0274. The van der Waals surface area contributed by atoms with Crippen molar-refractivity contribution in [1.29, 1.82) is 0 Å². The molecule has 0 heterocycles. The molecule has 0 N–H and O–H groups in total. The lowest BCUT2D eigenvalue weighted by molar-refractivity contribution is -0.160. The van der Waals surface area contributed by atoms with Gasteiger partial charge < -0.3 is 9.47 Å². The van der Waals surface area contributed by atoms with Crippen molar-refractivity contribution in [3.63, 3.8) is 0 Å². The Bertz CT molecular complexity index is 339. The van der Waals surface area contributed by atoms with Gasteiger partial charge in [0.15, 0.2) is 0 Å². The Hall–Kier alpha value is -0.830. The Morgan fingerprint density at radius 1 is 0.909 bits per heavy atom. The van der Waals surface area contributed by atoms with Gasteiger partial charge in [-0.3, -0.25) is 0 Å². The highest BCUT2D eigenvalue weighted by atomic mass is 16.6. The summed E-state index contributed by atoms with van der Waals surface area (Å²) in [5.74, 6) is -0.297. The number of hydrogen-bond acceptors (Lipinski definition) is 3. The maximum Gasteiger partial charge on any atom is 0.333 e. The fraction of sp³-hybridized carbons (Fsp3) is 0.842. The van der Waals surface area contributed by atoms with Gasteiger partial charge in [0.1, 0.15) is 5.60 Å². The van der Waals surface area contributed by atoms with Crippen molar-refractivity contribution in [1.82, 2.24) is 0 Å². The van der Waals surface area contributed by atoms with E-state index in [-0.39, 0.29) is 11.6 Å². The van der Waals surface area contributed by atoms with Crippen LogP contribution in [-0.2, 0) is 14.3 Å². The standard InChI is InChI=1S/C19H36O3/c1-8-13-18(9-2,10-3)21-15-14-19(11-4,12-5)22-17(20)16(6)7/h6,8-15H2,1-5,7H3. The van der Waals surface area contributed by atoms with Crippen LogP contribution in [0.2, 0.25) is 0 Å². The SMILES string of the molecule is C=C(C)C(=O)OC(CC)(CC)CCOC(CC)(CC)CCC. The Morgan fingerprint density at radius 2 is 1.41 bits per heavy atom. The van der Waals surface area contributed by atoms with Gasteiger partial charge in [-0.15, -0.1) is 0 Å². The molecule has 0 amide bonds. The molecule has 0 fully saturated rings. The first-order valence-corrected chi connectivity index (χ1v) is 8.87. The average Bonchev–Trinajstić information content (AvgIpc) is 2.52. The van der Waals surface area contributed by atoms with Crippen LogP contribution in [0.1, 0.15) is 86.5 Å². The van der Waals surface area contributed by atoms with E-state index in [1.807, 2.05) is 0 Å². The first-order chi connectivity index (χ1) is 10.3. The van der Waals surface area contributed by atoms with Crippen molar-refractivity contribution < 1.29 is 14.3 Å². The van der Waals surface area contributed by atoms with E-state index in [0.717, 1.165) is 44.9 Å². The van der Waals surface area contributed by atoms with E-state index >= 15 is 0 Å². The summed E-state index contributed by atoms with van der Waals surface area (Å²) in [6.45, 7) is 16.7. The van der Waals surface area contributed by atoms with Gasteiger partial charge >= 0.3 is 5.97 Å². The molecule has 0 aromatic carbocycles. The normalized spacial score (nSPS) is 12.3. The van der Waals surface area contributed by atoms with Crippen LogP contribution >= 0.6 is 0 Å². The Balaban J connectivity index is 4.77. The highest BCUT2D eigenvalue weighted by molar-refractivity contribution is 5.87. The minimum atomic E-state index is -0.435. The van der Waals surface area contributed by atoms with Crippen LogP contribution < -0.4 is 0 Å². The lowest BCUT2D eigenvalue weighted by Gasteiger charge is -2.36. The van der Waals surface area contributed by atoms with Gasteiger partial charge in [-0.2, -0.15) is 0 Å². The van der Waals surface area contributed by atoms with E-state index in [1.165, 1.54) is 0 Å². The van der Waals surface area contributed by atoms with Crippen molar-refractivity contribution in [3.05, 3.63) is 12.2 Å². The quantitative estimate of drug-likeness (QED) is 0.356. The van der Waals surface area contributed by atoms with Crippen molar-refractivity contribution in [2.45, 2.75) is 97.7 Å². The van der Waals surface area contributed by atoms with Gasteiger partial charge in [0.25, 0.3) is 0 Å². The number of esters is 1. The van der Waals surface area contributed by atoms with Crippen molar-refractivity contribution in [2.75, 3.05) is 6.61 Å². The van der Waals surface area contributed by atoms with Gasteiger partial charge in [-0.05, 0) is 39.0 Å². The molecule has 0 aromatic rings. The maximum atomic E-state index is 11.9.